The number of thiocarbonyl (C=S) groups is 1. The summed E-state index contributed by atoms with van der Waals surface area (Å²) in [6, 6.07) is 9.08. The third kappa shape index (κ3) is 5.72. The molecule has 3 aromatic rings. The minimum absolute atomic E-state index is 0.211. The molecule has 32 heavy (non-hydrogen) atoms. The van der Waals surface area contributed by atoms with Crippen LogP contribution >= 0.6 is 19.8 Å². The zero-order valence-corrected chi connectivity index (χ0v) is 20.7. The Kier molecular flexibility index (Phi) is 7.67. The van der Waals surface area contributed by atoms with Gasteiger partial charge >= 0.3 is 12.8 Å². The Balaban J connectivity index is 2.05. The number of hydrogen-bond acceptors (Lipinski definition) is 8. The van der Waals surface area contributed by atoms with Crippen molar-refractivity contribution in [3.8, 4) is 5.75 Å². The molecule has 172 valence electrons. The Labute approximate surface area is 193 Å². The molecule has 2 heterocycles. The lowest BCUT2D eigenvalue weighted by atomic mass is 10.2. The van der Waals surface area contributed by atoms with E-state index in [0.717, 1.165) is 5.56 Å². The summed E-state index contributed by atoms with van der Waals surface area (Å²) in [6.45, 7) is 10.8. The van der Waals surface area contributed by atoms with Crippen molar-refractivity contribution in [1.29, 1.82) is 0 Å². The zero-order chi connectivity index (χ0) is 23.5. The predicted octanol–water partition coefficient (Wildman–Crippen LogP) is 5.77. The molecule has 1 unspecified atom stereocenters. The highest BCUT2D eigenvalue weighted by atomic mass is 32.1. The molecule has 1 atom stereocenters. The summed E-state index contributed by atoms with van der Waals surface area (Å²) >= 11 is 5.36. The molecule has 0 fully saturated rings. The van der Waals surface area contributed by atoms with Gasteiger partial charge in [0.05, 0.1) is 23.6 Å². The SMILES string of the molecule is Cc1ccc(OC(=S)OC(c2c(C)nc3ncccn23)P(=O)(OC(C)C)OC(C)C)cc1. The second-order valence-corrected chi connectivity index (χ2v) is 10.2. The lowest BCUT2D eigenvalue weighted by Crippen LogP contribution is -2.21. The molecule has 0 aliphatic heterocycles. The molecular formula is C22H28N3O5PS. The normalized spacial score (nSPS) is 13.0. The molecule has 1 aromatic carbocycles. The van der Waals surface area contributed by atoms with Gasteiger partial charge in [0.15, 0.2) is 0 Å². The van der Waals surface area contributed by atoms with Crippen molar-refractivity contribution in [3.05, 3.63) is 59.7 Å². The van der Waals surface area contributed by atoms with Crippen LogP contribution < -0.4 is 4.74 Å². The summed E-state index contributed by atoms with van der Waals surface area (Å²) in [5.41, 5.74) is 2.11. The van der Waals surface area contributed by atoms with E-state index in [4.69, 9.17) is 30.7 Å². The van der Waals surface area contributed by atoms with E-state index in [1.165, 1.54) is 0 Å². The van der Waals surface area contributed by atoms with Gasteiger partial charge < -0.3 is 18.5 Å². The van der Waals surface area contributed by atoms with E-state index >= 15 is 0 Å². The van der Waals surface area contributed by atoms with Gasteiger partial charge in [-0.25, -0.2) is 9.97 Å². The number of hydrogen-bond donors (Lipinski definition) is 0. The van der Waals surface area contributed by atoms with Crippen LogP contribution in [0.4, 0.5) is 0 Å². The van der Waals surface area contributed by atoms with Gasteiger partial charge in [0, 0.05) is 24.6 Å². The van der Waals surface area contributed by atoms with Crippen molar-refractivity contribution >= 4 is 30.8 Å². The maximum Gasteiger partial charge on any atom is 0.377 e. The molecule has 0 aliphatic rings. The van der Waals surface area contributed by atoms with Crippen LogP contribution in [-0.2, 0) is 18.3 Å². The number of nitrogens with zero attached hydrogens (tertiary/aromatic N) is 3. The largest absolute Gasteiger partial charge is 0.434 e. The molecule has 8 nitrogen and oxygen atoms in total. The van der Waals surface area contributed by atoms with Crippen molar-refractivity contribution < 1.29 is 23.1 Å². The van der Waals surface area contributed by atoms with E-state index in [-0.39, 0.29) is 5.24 Å². The average molecular weight is 478 g/mol. The number of ether oxygens (including phenoxy) is 2. The second kappa shape index (κ2) is 10.1. The van der Waals surface area contributed by atoms with Crippen LogP contribution in [-0.4, -0.2) is 31.8 Å². The lowest BCUT2D eigenvalue weighted by Gasteiger charge is -2.30. The maximum atomic E-state index is 14.1. The van der Waals surface area contributed by atoms with Crippen LogP contribution in [0.2, 0.25) is 0 Å². The van der Waals surface area contributed by atoms with Gasteiger partial charge in [0.1, 0.15) is 5.75 Å². The Hall–Kier alpha value is -2.32. The molecule has 0 spiro atoms. The third-order valence-corrected chi connectivity index (χ3v) is 6.83. The van der Waals surface area contributed by atoms with Gasteiger partial charge in [-0.1, -0.05) is 17.7 Å². The van der Waals surface area contributed by atoms with Crippen molar-refractivity contribution in [1.82, 2.24) is 14.4 Å². The van der Waals surface area contributed by atoms with Crippen LogP contribution in [0.15, 0.2) is 42.7 Å². The number of aromatic nitrogens is 3. The minimum Gasteiger partial charge on any atom is -0.434 e. The third-order valence-electron chi connectivity index (χ3n) is 4.29. The molecule has 0 N–H and O–H groups in total. The highest BCUT2D eigenvalue weighted by Gasteiger charge is 2.45. The van der Waals surface area contributed by atoms with Crippen LogP contribution in [0.1, 0.15) is 50.5 Å². The van der Waals surface area contributed by atoms with E-state index in [2.05, 4.69) is 9.97 Å². The Bertz CT molecular complexity index is 1120. The van der Waals surface area contributed by atoms with E-state index in [1.807, 2.05) is 19.1 Å². The fourth-order valence-corrected chi connectivity index (χ4v) is 5.67. The highest BCUT2D eigenvalue weighted by Crippen LogP contribution is 2.63. The summed E-state index contributed by atoms with van der Waals surface area (Å²) in [5, 5.41) is -0.211. The molecule has 0 aliphatic carbocycles. The first-order valence-electron chi connectivity index (χ1n) is 10.3. The van der Waals surface area contributed by atoms with Gasteiger partial charge in [0.2, 0.25) is 11.6 Å². The number of rotatable bonds is 8. The molecule has 0 radical (unpaired) electrons. The summed E-state index contributed by atoms with van der Waals surface area (Å²) in [6.07, 6.45) is 2.60. The maximum absolute atomic E-state index is 14.1. The first kappa shape index (κ1) is 24.3. The monoisotopic (exact) mass is 477 g/mol. The van der Waals surface area contributed by atoms with Gasteiger partial charge in [-0.2, -0.15) is 0 Å². The summed E-state index contributed by atoms with van der Waals surface area (Å²) < 4.78 is 39.2. The molecule has 3 rings (SSSR count). The number of aryl methyl sites for hydroxylation is 2. The molecule has 10 heteroatoms. The predicted molar refractivity (Wildman–Crippen MR) is 126 cm³/mol. The smallest absolute Gasteiger partial charge is 0.377 e. The summed E-state index contributed by atoms with van der Waals surface area (Å²) in [4.78, 5) is 8.73. The first-order valence-corrected chi connectivity index (χ1v) is 12.3. The number of fused-ring (bicyclic) bond motifs is 1. The van der Waals surface area contributed by atoms with Crippen LogP contribution in [0, 0.1) is 13.8 Å². The fourth-order valence-electron chi connectivity index (χ4n) is 3.12. The van der Waals surface area contributed by atoms with Crippen molar-refractivity contribution in [2.24, 2.45) is 0 Å². The number of imidazole rings is 1. The van der Waals surface area contributed by atoms with Gasteiger partial charge in [-0.05, 0) is 59.7 Å². The molecule has 0 saturated carbocycles. The quantitative estimate of drug-likeness (QED) is 0.299. The molecular weight excluding hydrogens is 449 g/mol. The van der Waals surface area contributed by atoms with Crippen molar-refractivity contribution in [2.75, 3.05) is 0 Å². The van der Waals surface area contributed by atoms with Gasteiger partial charge in [-0.3, -0.25) is 8.97 Å². The zero-order valence-electron chi connectivity index (χ0n) is 19.0. The van der Waals surface area contributed by atoms with Crippen molar-refractivity contribution in [2.45, 2.75) is 59.6 Å². The Morgan fingerprint density at radius 2 is 1.69 bits per heavy atom. The number of benzene rings is 1. The van der Waals surface area contributed by atoms with Gasteiger partial charge in [-0.15, -0.1) is 0 Å². The highest BCUT2D eigenvalue weighted by molar-refractivity contribution is 7.79. The molecule has 2 aromatic heterocycles. The standard InChI is InChI=1S/C22H28N3O5PS/c1-14(2)29-31(26,30-15(3)4)20(19-17(6)24-21-23-12-7-13-25(19)21)28-22(32)27-18-10-8-16(5)9-11-18/h7-15,20H,1-6H3. The van der Waals surface area contributed by atoms with E-state index in [9.17, 15) is 4.57 Å². The molecule has 0 saturated heterocycles. The second-order valence-electron chi connectivity index (χ2n) is 7.86. The summed E-state index contributed by atoms with van der Waals surface area (Å²) in [7, 11) is -3.91. The van der Waals surface area contributed by atoms with E-state index in [1.54, 1.807) is 69.6 Å². The minimum atomic E-state index is -3.91. The topological polar surface area (TPSA) is 84.2 Å². The molecule has 0 amide bonds. The Morgan fingerprint density at radius 1 is 1.06 bits per heavy atom. The van der Waals surface area contributed by atoms with Crippen LogP contribution in [0.5, 0.6) is 5.75 Å². The van der Waals surface area contributed by atoms with Crippen LogP contribution in [0.3, 0.4) is 0 Å². The first-order chi connectivity index (χ1) is 15.1. The van der Waals surface area contributed by atoms with Gasteiger partial charge in [0.25, 0.3) is 0 Å². The van der Waals surface area contributed by atoms with Crippen LogP contribution in [0.25, 0.3) is 5.78 Å². The van der Waals surface area contributed by atoms with E-state index < -0.39 is 25.6 Å². The lowest BCUT2D eigenvalue weighted by molar-refractivity contribution is 0.0964. The average Bonchev–Trinajstić information content (AvgIpc) is 3.02. The van der Waals surface area contributed by atoms with E-state index in [0.29, 0.717) is 22.9 Å². The Morgan fingerprint density at radius 3 is 2.28 bits per heavy atom. The fraction of sp³-hybridized carbons (Fsp3) is 0.409. The summed E-state index contributed by atoms with van der Waals surface area (Å²) in [5.74, 6) is -0.288. The van der Waals surface area contributed by atoms with Crippen molar-refractivity contribution in [3.63, 3.8) is 0 Å². The molecule has 0 bridgehead atoms.